The molecule has 5 nitrogen and oxygen atoms in total. The molecule has 0 aliphatic carbocycles. The predicted octanol–water partition coefficient (Wildman–Crippen LogP) is 2.09. The van der Waals surface area contributed by atoms with Crippen molar-refractivity contribution in [3.8, 4) is 0 Å². The molecule has 0 spiro atoms. The average molecular weight is 213 g/mol. The van der Waals surface area contributed by atoms with Crippen molar-refractivity contribution in [3.05, 3.63) is 16.3 Å². The van der Waals surface area contributed by atoms with Crippen molar-refractivity contribution in [2.75, 3.05) is 21.2 Å². The van der Waals surface area contributed by atoms with E-state index in [4.69, 9.17) is 0 Å². The van der Waals surface area contributed by atoms with Gasteiger partial charge in [-0.3, -0.25) is 5.01 Å². The normalized spacial score (nSPS) is 10.5. The first-order chi connectivity index (χ1) is 6.63. The van der Waals surface area contributed by atoms with Crippen molar-refractivity contribution in [2.24, 2.45) is 10.3 Å². The minimum Gasteiger partial charge on any atom is -0.465 e. The van der Waals surface area contributed by atoms with Crippen LogP contribution < -0.4 is 0 Å². The van der Waals surface area contributed by atoms with E-state index < -0.39 is 0 Å². The van der Waals surface area contributed by atoms with E-state index in [2.05, 4.69) is 15.1 Å². The fourth-order valence-electron chi connectivity index (χ4n) is 0.727. The third-order valence-electron chi connectivity index (χ3n) is 1.31. The van der Waals surface area contributed by atoms with E-state index in [-0.39, 0.29) is 5.97 Å². The van der Waals surface area contributed by atoms with Crippen LogP contribution >= 0.6 is 11.3 Å². The Kier molecular flexibility index (Phi) is 3.58. The molecule has 1 aromatic rings. The average Bonchev–Trinajstić information content (AvgIpc) is 2.62. The highest BCUT2D eigenvalue weighted by atomic mass is 32.1. The molecule has 0 amide bonds. The summed E-state index contributed by atoms with van der Waals surface area (Å²) in [5, 5.41) is 11.0. The second-order valence-electron chi connectivity index (χ2n) is 2.70. The topological polar surface area (TPSA) is 54.3 Å². The first-order valence-corrected chi connectivity index (χ1v) is 4.77. The van der Waals surface area contributed by atoms with Gasteiger partial charge in [0.2, 0.25) is 0 Å². The van der Waals surface area contributed by atoms with Crippen LogP contribution in [-0.4, -0.2) is 32.2 Å². The van der Waals surface area contributed by atoms with Gasteiger partial charge in [0.1, 0.15) is 4.88 Å². The van der Waals surface area contributed by atoms with Gasteiger partial charge in [0, 0.05) is 19.5 Å². The van der Waals surface area contributed by atoms with Gasteiger partial charge in [-0.25, -0.2) is 4.79 Å². The lowest BCUT2D eigenvalue weighted by Gasteiger charge is -1.98. The molecule has 0 radical (unpaired) electrons. The second-order valence-corrected chi connectivity index (χ2v) is 3.61. The molecule has 1 heterocycles. The number of rotatable bonds is 3. The second kappa shape index (κ2) is 4.71. The zero-order valence-electron chi connectivity index (χ0n) is 8.22. The van der Waals surface area contributed by atoms with E-state index in [1.807, 2.05) is 0 Å². The first-order valence-electron chi connectivity index (χ1n) is 3.89. The summed E-state index contributed by atoms with van der Waals surface area (Å²) in [5.41, 5.74) is 0.657. The zero-order chi connectivity index (χ0) is 10.6. The van der Waals surface area contributed by atoms with Gasteiger partial charge in [-0.05, 0) is 6.07 Å². The Bertz CT molecular complexity index is 346. The van der Waals surface area contributed by atoms with Crippen molar-refractivity contribution in [3.63, 3.8) is 0 Å². The Labute approximate surface area is 86.0 Å². The number of hydrogen-bond donors (Lipinski definition) is 0. The molecule has 0 aliphatic heterocycles. The smallest absolute Gasteiger partial charge is 0.348 e. The van der Waals surface area contributed by atoms with Gasteiger partial charge in [0.15, 0.2) is 0 Å². The lowest BCUT2D eigenvalue weighted by atomic mass is 10.4. The van der Waals surface area contributed by atoms with Crippen LogP contribution in [0.3, 0.4) is 0 Å². The van der Waals surface area contributed by atoms with Crippen LogP contribution in [-0.2, 0) is 4.74 Å². The quantitative estimate of drug-likeness (QED) is 0.439. The van der Waals surface area contributed by atoms with Crippen molar-refractivity contribution >= 4 is 23.0 Å². The maximum absolute atomic E-state index is 11.1. The summed E-state index contributed by atoms with van der Waals surface area (Å²) in [7, 11) is 4.90. The van der Waals surface area contributed by atoms with Gasteiger partial charge in [-0.1, -0.05) is 5.22 Å². The summed E-state index contributed by atoms with van der Waals surface area (Å²) in [6, 6.07) is 1.64. The predicted molar refractivity (Wildman–Crippen MR) is 53.9 cm³/mol. The lowest BCUT2D eigenvalue weighted by molar-refractivity contribution is 0.0606. The molecule has 0 atom stereocenters. The fraction of sp³-hybridized carbons (Fsp3) is 0.375. The molecular formula is C8H11N3O2S. The number of nitrogens with zero attached hydrogens (tertiary/aromatic N) is 3. The standard InChI is InChI=1S/C8H11N3O2S/c1-11(2)10-9-6-4-7(14-5-6)8(12)13-3/h4-5H,1-3H3. The van der Waals surface area contributed by atoms with Crippen molar-refractivity contribution in [1.82, 2.24) is 5.01 Å². The monoisotopic (exact) mass is 213 g/mol. The number of ether oxygens (including phenoxy) is 1. The minimum absolute atomic E-state index is 0.346. The van der Waals surface area contributed by atoms with Crippen LogP contribution in [0.4, 0.5) is 5.69 Å². The Morgan fingerprint density at radius 2 is 2.29 bits per heavy atom. The molecule has 6 heteroatoms. The fourth-order valence-corrected chi connectivity index (χ4v) is 1.46. The summed E-state index contributed by atoms with van der Waals surface area (Å²) in [5.74, 6) is -0.346. The van der Waals surface area contributed by atoms with E-state index in [0.29, 0.717) is 10.6 Å². The number of carbonyl (C=O) groups is 1. The van der Waals surface area contributed by atoms with Crippen molar-refractivity contribution < 1.29 is 9.53 Å². The summed E-state index contributed by atoms with van der Waals surface area (Å²) in [4.78, 5) is 11.6. The molecule has 76 valence electrons. The first kappa shape index (κ1) is 10.6. The SMILES string of the molecule is COC(=O)c1cc(N=NN(C)C)cs1. The molecule has 1 aromatic heterocycles. The van der Waals surface area contributed by atoms with Gasteiger partial charge in [-0.2, -0.15) is 0 Å². The van der Waals surface area contributed by atoms with E-state index in [1.165, 1.54) is 18.4 Å². The largest absolute Gasteiger partial charge is 0.465 e. The van der Waals surface area contributed by atoms with Crippen LogP contribution in [0.15, 0.2) is 21.8 Å². The van der Waals surface area contributed by atoms with E-state index in [1.54, 1.807) is 30.6 Å². The van der Waals surface area contributed by atoms with E-state index >= 15 is 0 Å². The molecule has 0 unspecified atom stereocenters. The van der Waals surface area contributed by atoms with Crippen LogP contribution in [0.25, 0.3) is 0 Å². The molecule has 0 fully saturated rings. The summed E-state index contributed by atoms with van der Waals surface area (Å²) in [6.07, 6.45) is 0. The lowest BCUT2D eigenvalue weighted by Crippen LogP contribution is -1.98. The Morgan fingerprint density at radius 3 is 2.86 bits per heavy atom. The summed E-state index contributed by atoms with van der Waals surface area (Å²) < 4.78 is 4.56. The zero-order valence-corrected chi connectivity index (χ0v) is 9.04. The van der Waals surface area contributed by atoms with Gasteiger partial charge in [-0.15, -0.1) is 16.5 Å². The molecule has 1 rings (SSSR count). The number of methoxy groups -OCH3 is 1. The van der Waals surface area contributed by atoms with Gasteiger partial charge in [0.25, 0.3) is 0 Å². The summed E-state index contributed by atoms with van der Waals surface area (Å²) in [6.45, 7) is 0. The molecule has 0 aliphatic rings. The number of hydrogen-bond acceptors (Lipinski definition) is 5. The van der Waals surface area contributed by atoms with Gasteiger partial charge < -0.3 is 4.74 Å². The van der Waals surface area contributed by atoms with Crippen molar-refractivity contribution in [2.45, 2.75) is 0 Å². The highest BCUT2D eigenvalue weighted by Crippen LogP contribution is 2.22. The Balaban J connectivity index is 2.73. The third-order valence-corrected chi connectivity index (χ3v) is 2.21. The highest BCUT2D eigenvalue weighted by Gasteiger charge is 2.08. The molecular weight excluding hydrogens is 202 g/mol. The number of carbonyl (C=O) groups excluding carboxylic acids is 1. The maximum Gasteiger partial charge on any atom is 0.348 e. The van der Waals surface area contributed by atoms with Gasteiger partial charge in [0.05, 0.1) is 12.8 Å². The number of esters is 1. The minimum atomic E-state index is -0.346. The third kappa shape index (κ3) is 2.81. The number of thiophene rings is 1. The van der Waals surface area contributed by atoms with Crippen LogP contribution in [0.2, 0.25) is 0 Å². The van der Waals surface area contributed by atoms with Crippen molar-refractivity contribution in [1.29, 1.82) is 0 Å². The van der Waals surface area contributed by atoms with E-state index in [9.17, 15) is 4.79 Å². The molecule has 0 saturated heterocycles. The van der Waals surface area contributed by atoms with Crippen LogP contribution in [0, 0.1) is 0 Å². The maximum atomic E-state index is 11.1. The summed E-state index contributed by atoms with van der Waals surface area (Å²) >= 11 is 1.29. The highest BCUT2D eigenvalue weighted by molar-refractivity contribution is 7.12. The Hall–Kier alpha value is -1.43. The molecule has 0 saturated carbocycles. The molecule has 14 heavy (non-hydrogen) atoms. The van der Waals surface area contributed by atoms with Crippen LogP contribution in [0.1, 0.15) is 9.67 Å². The van der Waals surface area contributed by atoms with E-state index in [0.717, 1.165) is 0 Å². The van der Waals surface area contributed by atoms with Gasteiger partial charge >= 0.3 is 5.97 Å². The molecule has 0 bridgehead atoms. The molecule has 0 aromatic carbocycles. The molecule has 0 N–H and O–H groups in total. The Morgan fingerprint density at radius 1 is 1.57 bits per heavy atom. The van der Waals surface area contributed by atoms with Crippen LogP contribution in [0.5, 0.6) is 0 Å².